The van der Waals surface area contributed by atoms with Crippen LogP contribution in [0.5, 0.6) is 11.5 Å². The van der Waals surface area contributed by atoms with Gasteiger partial charge in [-0.25, -0.2) is 0 Å². The van der Waals surface area contributed by atoms with Crippen molar-refractivity contribution < 1.29 is 28.3 Å². The van der Waals surface area contributed by atoms with Crippen LogP contribution in [0.1, 0.15) is 11.3 Å². The Kier molecular flexibility index (Phi) is 4.93. The van der Waals surface area contributed by atoms with Gasteiger partial charge in [-0.3, -0.25) is 14.5 Å². The highest BCUT2D eigenvalue weighted by molar-refractivity contribution is 6.02. The fraction of sp³-hybridized carbons (Fsp3) is 0.435. The van der Waals surface area contributed by atoms with Gasteiger partial charge in [0.2, 0.25) is 11.8 Å². The van der Waals surface area contributed by atoms with Gasteiger partial charge in [0.1, 0.15) is 11.4 Å². The van der Waals surface area contributed by atoms with Crippen molar-refractivity contribution in [2.24, 2.45) is 11.8 Å². The number of nitrogens with zero attached hydrogens (tertiary/aromatic N) is 2. The van der Waals surface area contributed by atoms with Crippen molar-refractivity contribution in [1.29, 1.82) is 0 Å². The summed E-state index contributed by atoms with van der Waals surface area (Å²) in [6.07, 6.45) is 4.03. The Labute approximate surface area is 185 Å². The van der Waals surface area contributed by atoms with Gasteiger partial charge in [-0.15, -0.1) is 0 Å². The average Bonchev–Trinajstić information content (AvgIpc) is 3.54. The molecular weight excluding hydrogens is 414 g/mol. The zero-order valence-electron chi connectivity index (χ0n) is 18.2. The normalized spacial score (nSPS) is 27.7. The zero-order chi connectivity index (χ0) is 22.5. The zero-order valence-corrected chi connectivity index (χ0v) is 18.2. The molecule has 4 atom stereocenters. The van der Waals surface area contributed by atoms with Crippen LogP contribution in [0.25, 0.3) is 0 Å². The third kappa shape index (κ3) is 3.15. The smallest absolute Gasteiger partial charge is 0.235 e. The summed E-state index contributed by atoms with van der Waals surface area (Å²) in [5, 5.41) is 6.95. The molecule has 1 spiro atoms. The molecule has 5 rings (SSSR count). The maximum Gasteiger partial charge on any atom is 0.235 e. The molecular formula is C23H25N3O6. The number of nitrogens with one attached hydrogen (secondary N) is 1. The highest BCUT2D eigenvalue weighted by Crippen LogP contribution is 2.52. The summed E-state index contributed by atoms with van der Waals surface area (Å²) < 4.78 is 21.9. The topological polar surface area (TPSA) is 103 Å². The fourth-order valence-electron chi connectivity index (χ4n) is 4.96. The summed E-state index contributed by atoms with van der Waals surface area (Å²) in [6.45, 7) is 2.53. The lowest BCUT2D eigenvalue weighted by atomic mass is 9.77. The molecule has 1 aromatic heterocycles. The molecule has 3 aliphatic heterocycles. The van der Waals surface area contributed by atoms with Crippen molar-refractivity contribution in [2.45, 2.75) is 25.0 Å². The third-order valence-corrected chi connectivity index (χ3v) is 6.46. The molecule has 2 unspecified atom stereocenters. The van der Waals surface area contributed by atoms with Crippen LogP contribution >= 0.6 is 0 Å². The summed E-state index contributed by atoms with van der Waals surface area (Å²) in [5.74, 6) is 0.875. The number of carbonyl (C=O) groups is 2. The minimum absolute atomic E-state index is 0.162. The maximum atomic E-state index is 13.2. The number of fused-ring (bicyclic) bond motifs is 1. The van der Waals surface area contributed by atoms with Crippen LogP contribution in [0.4, 0.5) is 5.82 Å². The second kappa shape index (κ2) is 7.67. The largest absolute Gasteiger partial charge is 0.493 e. The molecule has 0 radical (unpaired) electrons. The van der Waals surface area contributed by atoms with E-state index in [1.54, 1.807) is 32.1 Å². The molecule has 1 N–H and O–H groups in total. The summed E-state index contributed by atoms with van der Waals surface area (Å²) in [7, 11) is 3.18. The molecule has 9 heteroatoms. The standard InChI is InChI=1S/C23H25N3O6/c1-13-10-18(25-32-13)26-12-23-8-6-16(31-23)19(20(23)22(26)28)21(27)24-9-7-14-4-5-15(29-2)17(11-14)30-3/h4-6,8,10-11,16,19-20H,7,9,12H2,1-3H3,(H,24,27)/t16-,19?,20?,23-/m1/s1. The van der Waals surface area contributed by atoms with E-state index >= 15 is 0 Å². The number of ether oxygens (including phenoxy) is 3. The number of rotatable bonds is 7. The lowest BCUT2D eigenvalue weighted by molar-refractivity contribution is -0.131. The van der Waals surface area contributed by atoms with Crippen LogP contribution in [-0.4, -0.2) is 56.0 Å². The monoisotopic (exact) mass is 439 g/mol. The Morgan fingerprint density at radius 3 is 2.81 bits per heavy atom. The van der Waals surface area contributed by atoms with Crippen molar-refractivity contribution in [3.05, 3.63) is 47.7 Å². The Bertz CT molecular complexity index is 1100. The van der Waals surface area contributed by atoms with E-state index in [1.807, 2.05) is 30.4 Å². The molecule has 9 nitrogen and oxygen atoms in total. The van der Waals surface area contributed by atoms with Gasteiger partial charge in [0, 0.05) is 12.6 Å². The number of aromatic nitrogens is 1. The Balaban J connectivity index is 1.27. The molecule has 4 heterocycles. The molecule has 2 fully saturated rings. The fourth-order valence-corrected chi connectivity index (χ4v) is 4.96. The Morgan fingerprint density at radius 1 is 1.28 bits per heavy atom. The highest BCUT2D eigenvalue weighted by Gasteiger charge is 2.67. The molecule has 3 aliphatic rings. The second-order valence-electron chi connectivity index (χ2n) is 8.35. The predicted molar refractivity (Wildman–Crippen MR) is 114 cm³/mol. The van der Waals surface area contributed by atoms with E-state index in [0.29, 0.717) is 42.6 Å². The van der Waals surface area contributed by atoms with Gasteiger partial charge in [0.05, 0.1) is 38.7 Å². The second-order valence-corrected chi connectivity index (χ2v) is 8.35. The Morgan fingerprint density at radius 2 is 2.09 bits per heavy atom. The number of hydrogen-bond donors (Lipinski definition) is 1. The Hall–Kier alpha value is -3.33. The highest BCUT2D eigenvalue weighted by atomic mass is 16.5. The van der Waals surface area contributed by atoms with Crippen LogP contribution < -0.4 is 19.7 Å². The van der Waals surface area contributed by atoms with Crippen molar-refractivity contribution in [3.63, 3.8) is 0 Å². The van der Waals surface area contributed by atoms with E-state index in [4.69, 9.17) is 18.7 Å². The van der Waals surface area contributed by atoms with E-state index < -0.39 is 23.5 Å². The van der Waals surface area contributed by atoms with E-state index in [0.717, 1.165) is 5.56 Å². The van der Waals surface area contributed by atoms with Crippen LogP contribution in [0.3, 0.4) is 0 Å². The van der Waals surface area contributed by atoms with Crippen LogP contribution in [0.15, 0.2) is 40.9 Å². The number of hydrogen-bond acceptors (Lipinski definition) is 7. The minimum atomic E-state index is -0.792. The quantitative estimate of drug-likeness (QED) is 0.655. The minimum Gasteiger partial charge on any atom is -0.493 e. The van der Waals surface area contributed by atoms with Crippen molar-refractivity contribution in [2.75, 3.05) is 32.2 Å². The number of amides is 2. The number of anilines is 1. The molecule has 1 aromatic carbocycles. The first kappa shape index (κ1) is 20.6. The van der Waals surface area contributed by atoms with Gasteiger partial charge in [-0.1, -0.05) is 23.4 Å². The predicted octanol–water partition coefficient (Wildman–Crippen LogP) is 1.65. The maximum absolute atomic E-state index is 13.2. The molecule has 2 saturated heterocycles. The van der Waals surface area contributed by atoms with Crippen LogP contribution in [0, 0.1) is 18.8 Å². The molecule has 0 saturated carbocycles. The van der Waals surface area contributed by atoms with Crippen LogP contribution in [-0.2, 0) is 20.7 Å². The van der Waals surface area contributed by atoms with Gasteiger partial charge in [-0.05, 0) is 31.0 Å². The SMILES string of the molecule is COc1ccc(CCNC(=O)C2C3C(=O)N(c4cc(C)on4)C[C@]34C=C[C@H]2O4)cc1OC. The van der Waals surface area contributed by atoms with Crippen molar-refractivity contribution >= 4 is 17.6 Å². The summed E-state index contributed by atoms with van der Waals surface area (Å²) >= 11 is 0. The number of methoxy groups -OCH3 is 2. The molecule has 2 amide bonds. The first-order chi connectivity index (χ1) is 15.5. The van der Waals surface area contributed by atoms with E-state index in [9.17, 15) is 9.59 Å². The lowest BCUT2D eigenvalue weighted by Gasteiger charge is -2.23. The average molecular weight is 439 g/mol. The summed E-state index contributed by atoms with van der Waals surface area (Å²) in [6, 6.07) is 7.38. The van der Waals surface area contributed by atoms with Gasteiger partial charge in [0.25, 0.3) is 0 Å². The lowest BCUT2D eigenvalue weighted by Crippen LogP contribution is -2.44. The van der Waals surface area contributed by atoms with Crippen LogP contribution in [0.2, 0.25) is 0 Å². The first-order valence-electron chi connectivity index (χ1n) is 10.6. The molecule has 168 valence electrons. The van der Waals surface area contributed by atoms with Gasteiger partial charge in [0.15, 0.2) is 17.3 Å². The van der Waals surface area contributed by atoms with Gasteiger partial charge in [-0.2, -0.15) is 0 Å². The van der Waals surface area contributed by atoms with Gasteiger partial charge >= 0.3 is 0 Å². The number of aryl methyl sites for hydroxylation is 1. The number of carbonyl (C=O) groups excluding carboxylic acids is 2. The molecule has 0 aliphatic carbocycles. The summed E-state index contributed by atoms with van der Waals surface area (Å²) in [5.41, 5.74) is 0.216. The van der Waals surface area contributed by atoms with Crippen molar-refractivity contribution in [1.82, 2.24) is 10.5 Å². The number of benzene rings is 1. The molecule has 32 heavy (non-hydrogen) atoms. The van der Waals surface area contributed by atoms with E-state index in [2.05, 4.69) is 10.5 Å². The summed E-state index contributed by atoms with van der Waals surface area (Å²) in [4.78, 5) is 27.9. The molecule has 2 bridgehead atoms. The molecule has 2 aromatic rings. The third-order valence-electron chi connectivity index (χ3n) is 6.46. The van der Waals surface area contributed by atoms with Crippen molar-refractivity contribution in [3.8, 4) is 11.5 Å². The first-order valence-corrected chi connectivity index (χ1v) is 10.6. The van der Waals surface area contributed by atoms with E-state index in [1.165, 1.54) is 0 Å². The van der Waals surface area contributed by atoms with Gasteiger partial charge < -0.3 is 24.1 Å². The van der Waals surface area contributed by atoms with E-state index in [-0.39, 0.29) is 11.8 Å².